The zero-order chi connectivity index (χ0) is 19.3. The van der Waals surface area contributed by atoms with Crippen molar-refractivity contribution in [2.24, 2.45) is 5.41 Å². The Hall–Kier alpha value is -1.37. The number of carbonyl (C=O) groups excluding carboxylic acids is 1. The number of aryl methyl sites for hydroxylation is 1. The standard InChI is InChI=1S/C16H26.C8H14O/c1-4-6-8-15(9-7-5-2)16-12-10-14(3)11-13-16;1-5-7(9)8(3,4)6-2/h10-13,15H,4-9H2,1-3H3;5H,1,6H2,2-4H3. The van der Waals surface area contributed by atoms with Gasteiger partial charge < -0.3 is 0 Å². The maximum atomic E-state index is 10.9. The first-order valence-corrected chi connectivity index (χ1v) is 10.1. The second-order valence-electron chi connectivity index (χ2n) is 7.70. The number of carbonyl (C=O) groups is 1. The van der Waals surface area contributed by atoms with Gasteiger partial charge in [0.1, 0.15) is 0 Å². The van der Waals surface area contributed by atoms with Gasteiger partial charge in [0.2, 0.25) is 0 Å². The highest BCUT2D eigenvalue weighted by Crippen LogP contribution is 2.27. The molecule has 0 spiro atoms. The lowest BCUT2D eigenvalue weighted by Gasteiger charge is -2.17. The third-order valence-corrected chi connectivity index (χ3v) is 5.10. The molecule has 0 aliphatic heterocycles. The monoisotopic (exact) mass is 344 g/mol. The van der Waals surface area contributed by atoms with Gasteiger partial charge >= 0.3 is 0 Å². The highest BCUT2D eigenvalue weighted by Gasteiger charge is 2.21. The van der Waals surface area contributed by atoms with Crippen molar-refractivity contribution >= 4 is 5.78 Å². The summed E-state index contributed by atoms with van der Waals surface area (Å²) in [5.41, 5.74) is 2.71. The van der Waals surface area contributed by atoms with E-state index in [0.717, 1.165) is 12.3 Å². The van der Waals surface area contributed by atoms with E-state index < -0.39 is 0 Å². The first-order valence-electron chi connectivity index (χ1n) is 10.1. The minimum Gasteiger partial charge on any atom is -0.294 e. The van der Waals surface area contributed by atoms with Crippen LogP contribution in [0.1, 0.15) is 96.6 Å². The summed E-state index contributed by atoms with van der Waals surface area (Å²) in [5, 5.41) is 0. The third-order valence-electron chi connectivity index (χ3n) is 5.10. The number of unbranched alkanes of at least 4 members (excludes halogenated alkanes) is 2. The highest BCUT2D eigenvalue weighted by molar-refractivity contribution is 5.93. The lowest BCUT2D eigenvalue weighted by molar-refractivity contribution is -0.122. The fourth-order valence-electron chi connectivity index (χ4n) is 2.67. The van der Waals surface area contributed by atoms with Crippen molar-refractivity contribution in [3.8, 4) is 0 Å². The van der Waals surface area contributed by atoms with Crippen molar-refractivity contribution in [3.05, 3.63) is 48.0 Å². The van der Waals surface area contributed by atoms with Crippen molar-refractivity contribution in [2.45, 2.75) is 92.4 Å². The molecule has 1 nitrogen and oxygen atoms in total. The second kappa shape index (κ2) is 12.9. The zero-order valence-electron chi connectivity index (χ0n) is 17.5. The molecule has 142 valence electrons. The average Bonchev–Trinajstić information content (AvgIpc) is 2.62. The van der Waals surface area contributed by atoms with E-state index in [1.165, 1.54) is 50.2 Å². The summed E-state index contributed by atoms with van der Waals surface area (Å²) < 4.78 is 0. The van der Waals surface area contributed by atoms with Crippen LogP contribution in [-0.4, -0.2) is 5.78 Å². The summed E-state index contributed by atoms with van der Waals surface area (Å²) in [6.45, 7) is 16.0. The molecule has 0 bridgehead atoms. The SMILES string of the molecule is C=CC(=O)C(C)(C)CC.CCCCC(CCCC)c1ccc(C)cc1. The Morgan fingerprint density at radius 2 is 1.52 bits per heavy atom. The Kier molecular flexibility index (Phi) is 12.2. The van der Waals surface area contributed by atoms with Crippen LogP contribution in [0.25, 0.3) is 0 Å². The summed E-state index contributed by atoms with van der Waals surface area (Å²) in [4.78, 5) is 10.9. The third kappa shape index (κ3) is 9.63. The lowest BCUT2D eigenvalue weighted by Crippen LogP contribution is -2.20. The van der Waals surface area contributed by atoms with Crippen LogP contribution in [-0.2, 0) is 4.79 Å². The number of hydrogen-bond acceptors (Lipinski definition) is 1. The normalized spacial score (nSPS) is 11.0. The molecular weight excluding hydrogens is 304 g/mol. The van der Waals surface area contributed by atoms with Gasteiger partial charge in [-0.2, -0.15) is 0 Å². The van der Waals surface area contributed by atoms with Crippen molar-refractivity contribution in [1.82, 2.24) is 0 Å². The van der Waals surface area contributed by atoms with E-state index in [4.69, 9.17) is 0 Å². The number of allylic oxidation sites excluding steroid dienone is 1. The van der Waals surface area contributed by atoms with Gasteiger partial charge in [0.05, 0.1) is 0 Å². The van der Waals surface area contributed by atoms with Crippen molar-refractivity contribution in [2.75, 3.05) is 0 Å². The Bertz CT molecular complexity index is 473. The van der Waals surface area contributed by atoms with Crippen LogP contribution in [0, 0.1) is 12.3 Å². The van der Waals surface area contributed by atoms with Crippen molar-refractivity contribution in [1.29, 1.82) is 0 Å². The van der Waals surface area contributed by atoms with E-state index in [1.807, 2.05) is 20.8 Å². The molecule has 0 unspecified atom stereocenters. The predicted molar refractivity (Wildman–Crippen MR) is 112 cm³/mol. The highest BCUT2D eigenvalue weighted by atomic mass is 16.1. The van der Waals surface area contributed by atoms with Gasteiger partial charge in [-0.3, -0.25) is 4.79 Å². The van der Waals surface area contributed by atoms with E-state index in [9.17, 15) is 4.79 Å². The number of ketones is 1. The molecule has 1 aromatic carbocycles. The molecule has 1 aromatic rings. The van der Waals surface area contributed by atoms with Crippen molar-refractivity contribution in [3.63, 3.8) is 0 Å². The molecule has 0 fully saturated rings. The minimum atomic E-state index is -0.207. The second-order valence-corrected chi connectivity index (χ2v) is 7.70. The largest absolute Gasteiger partial charge is 0.294 e. The van der Waals surface area contributed by atoms with Crippen LogP contribution in [0.4, 0.5) is 0 Å². The fourth-order valence-corrected chi connectivity index (χ4v) is 2.67. The predicted octanol–water partition coefficient (Wildman–Crippen LogP) is 7.64. The van der Waals surface area contributed by atoms with Gasteiger partial charge in [0.25, 0.3) is 0 Å². The van der Waals surface area contributed by atoms with E-state index >= 15 is 0 Å². The molecule has 0 N–H and O–H groups in total. The molecule has 0 atom stereocenters. The van der Waals surface area contributed by atoms with E-state index in [0.29, 0.717) is 0 Å². The molecule has 0 aliphatic carbocycles. The smallest absolute Gasteiger partial charge is 0.160 e. The van der Waals surface area contributed by atoms with E-state index in [-0.39, 0.29) is 11.2 Å². The molecule has 25 heavy (non-hydrogen) atoms. The Morgan fingerprint density at radius 3 is 1.84 bits per heavy atom. The Morgan fingerprint density at radius 1 is 1.04 bits per heavy atom. The first-order chi connectivity index (χ1) is 11.8. The fraction of sp³-hybridized carbons (Fsp3) is 0.625. The maximum Gasteiger partial charge on any atom is 0.160 e. The molecule has 0 aromatic heterocycles. The van der Waals surface area contributed by atoms with Crippen LogP contribution < -0.4 is 0 Å². The van der Waals surface area contributed by atoms with Crippen LogP contribution in [0.5, 0.6) is 0 Å². The number of rotatable bonds is 10. The van der Waals surface area contributed by atoms with Crippen LogP contribution in [0.2, 0.25) is 0 Å². The van der Waals surface area contributed by atoms with Gasteiger partial charge in [0, 0.05) is 5.41 Å². The van der Waals surface area contributed by atoms with Gasteiger partial charge in [-0.1, -0.05) is 96.7 Å². The minimum absolute atomic E-state index is 0.130. The summed E-state index contributed by atoms with van der Waals surface area (Å²) in [5.74, 6) is 0.922. The molecule has 0 radical (unpaired) electrons. The average molecular weight is 345 g/mol. The van der Waals surface area contributed by atoms with Crippen LogP contribution in [0.15, 0.2) is 36.9 Å². The van der Waals surface area contributed by atoms with Gasteiger partial charge in [-0.15, -0.1) is 0 Å². The lowest BCUT2D eigenvalue weighted by atomic mass is 9.85. The molecule has 0 heterocycles. The van der Waals surface area contributed by atoms with Crippen molar-refractivity contribution < 1.29 is 4.79 Å². The molecule has 0 aliphatic rings. The van der Waals surface area contributed by atoms with Crippen LogP contribution >= 0.6 is 0 Å². The summed E-state index contributed by atoms with van der Waals surface area (Å²) in [7, 11) is 0. The summed E-state index contributed by atoms with van der Waals surface area (Å²) in [6.07, 6.45) is 10.3. The number of benzene rings is 1. The molecule has 1 heteroatoms. The molecule has 1 rings (SSSR count). The summed E-state index contributed by atoms with van der Waals surface area (Å²) >= 11 is 0. The first kappa shape index (κ1) is 23.6. The quantitative estimate of drug-likeness (QED) is 0.399. The van der Waals surface area contributed by atoms with Gasteiger partial charge in [-0.05, 0) is 43.7 Å². The molecule has 0 saturated heterocycles. The Balaban J connectivity index is 0.000000547. The molecular formula is C24H40O. The molecule has 0 amide bonds. The van der Waals surface area contributed by atoms with E-state index in [2.05, 4.69) is 51.6 Å². The Labute approximate surface area is 156 Å². The zero-order valence-corrected chi connectivity index (χ0v) is 17.5. The van der Waals surface area contributed by atoms with Gasteiger partial charge in [-0.25, -0.2) is 0 Å². The van der Waals surface area contributed by atoms with E-state index in [1.54, 1.807) is 5.56 Å². The number of hydrogen-bond donors (Lipinski definition) is 0. The summed E-state index contributed by atoms with van der Waals surface area (Å²) in [6, 6.07) is 9.15. The van der Waals surface area contributed by atoms with Crippen LogP contribution in [0.3, 0.4) is 0 Å². The maximum absolute atomic E-state index is 10.9. The van der Waals surface area contributed by atoms with Gasteiger partial charge in [0.15, 0.2) is 5.78 Å². The topological polar surface area (TPSA) is 17.1 Å². The molecule has 0 saturated carbocycles.